The first-order valence-corrected chi connectivity index (χ1v) is 9.04. The molecule has 1 aromatic heterocycles. The maximum atomic E-state index is 12.7. The van der Waals surface area contributed by atoms with Crippen LogP contribution in [0.2, 0.25) is 5.15 Å². The largest absolute Gasteiger partial charge is 0.489 e. The molecule has 3 nitrogen and oxygen atoms in total. The molecule has 4 heteroatoms. The zero-order chi connectivity index (χ0) is 18.4. The van der Waals surface area contributed by atoms with Gasteiger partial charge in [0.2, 0.25) is 0 Å². The zero-order valence-corrected chi connectivity index (χ0v) is 15.0. The van der Waals surface area contributed by atoms with Crippen molar-refractivity contribution in [3.05, 3.63) is 94.6 Å². The number of hydrogen-bond donors (Lipinski definition) is 0. The van der Waals surface area contributed by atoms with Crippen LogP contribution in [0.15, 0.2) is 72.8 Å². The summed E-state index contributed by atoms with van der Waals surface area (Å²) in [5.41, 5.74) is 4.74. The minimum atomic E-state index is -0.0654. The molecule has 1 heterocycles. The maximum Gasteiger partial charge on any atom is 0.197 e. The lowest BCUT2D eigenvalue weighted by molar-refractivity contribution is 0.104. The van der Waals surface area contributed by atoms with Crippen molar-refractivity contribution in [3.63, 3.8) is 0 Å². The second-order valence-corrected chi connectivity index (χ2v) is 6.84. The molecule has 130 valence electrons. The summed E-state index contributed by atoms with van der Waals surface area (Å²) in [7, 11) is 0. The first-order chi connectivity index (χ1) is 13.2. The van der Waals surface area contributed by atoms with Crippen molar-refractivity contribution < 1.29 is 9.53 Å². The Bertz CT molecular complexity index is 1200. The molecular formula is C23H14ClNO2. The SMILES string of the molecule is O=C1c2ccccc2-c2c1c(Cl)nc1cc(OCc3ccccc3)ccc21. The van der Waals surface area contributed by atoms with Gasteiger partial charge >= 0.3 is 0 Å². The molecule has 0 amide bonds. The van der Waals surface area contributed by atoms with Gasteiger partial charge in [-0.15, -0.1) is 0 Å². The fourth-order valence-electron chi connectivity index (χ4n) is 3.57. The normalized spacial score (nSPS) is 12.1. The zero-order valence-electron chi connectivity index (χ0n) is 14.3. The molecule has 0 fully saturated rings. The van der Waals surface area contributed by atoms with E-state index in [2.05, 4.69) is 4.98 Å². The number of fused-ring (bicyclic) bond motifs is 5. The van der Waals surface area contributed by atoms with Gasteiger partial charge in [-0.3, -0.25) is 4.79 Å². The summed E-state index contributed by atoms with van der Waals surface area (Å²) < 4.78 is 5.90. The number of nitrogens with zero attached hydrogens (tertiary/aromatic N) is 1. The summed E-state index contributed by atoms with van der Waals surface area (Å²) in [5, 5.41) is 1.14. The summed E-state index contributed by atoms with van der Waals surface area (Å²) in [6.45, 7) is 0.479. The van der Waals surface area contributed by atoms with Gasteiger partial charge in [0.25, 0.3) is 0 Å². The van der Waals surface area contributed by atoms with Crippen LogP contribution >= 0.6 is 11.6 Å². The van der Waals surface area contributed by atoms with Gasteiger partial charge in [0.05, 0.1) is 11.1 Å². The first-order valence-electron chi connectivity index (χ1n) is 8.66. The highest BCUT2D eigenvalue weighted by atomic mass is 35.5. The number of rotatable bonds is 3. The molecular weight excluding hydrogens is 358 g/mol. The van der Waals surface area contributed by atoms with E-state index < -0.39 is 0 Å². The van der Waals surface area contributed by atoms with Crippen LogP contribution in [-0.4, -0.2) is 10.8 Å². The first kappa shape index (κ1) is 16.0. The number of ketones is 1. The summed E-state index contributed by atoms with van der Waals surface area (Å²) in [6, 6.07) is 23.3. The predicted molar refractivity (Wildman–Crippen MR) is 106 cm³/mol. The molecule has 0 N–H and O–H groups in total. The van der Waals surface area contributed by atoms with Gasteiger partial charge in [-0.1, -0.05) is 66.2 Å². The van der Waals surface area contributed by atoms with Gasteiger partial charge in [0.15, 0.2) is 5.78 Å². The summed E-state index contributed by atoms with van der Waals surface area (Å²) in [5.74, 6) is 0.650. The van der Waals surface area contributed by atoms with Crippen LogP contribution in [0.5, 0.6) is 5.75 Å². The summed E-state index contributed by atoms with van der Waals surface area (Å²) >= 11 is 6.39. The number of carbonyl (C=O) groups is 1. The second-order valence-electron chi connectivity index (χ2n) is 6.48. The Morgan fingerprint density at radius 3 is 2.41 bits per heavy atom. The predicted octanol–water partition coefficient (Wildman–Crippen LogP) is 5.68. The average Bonchev–Trinajstić information content (AvgIpc) is 3.01. The van der Waals surface area contributed by atoms with Crippen LogP contribution in [0.4, 0.5) is 0 Å². The lowest BCUT2D eigenvalue weighted by Crippen LogP contribution is -1.99. The number of hydrogen-bond acceptors (Lipinski definition) is 3. The van der Waals surface area contributed by atoms with Crippen LogP contribution in [-0.2, 0) is 6.61 Å². The van der Waals surface area contributed by atoms with Crippen molar-refractivity contribution in [3.8, 4) is 16.9 Å². The number of carbonyl (C=O) groups excluding carboxylic acids is 1. The number of ether oxygens (including phenoxy) is 1. The molecule has 0 radical (unpaired) electrons. The highest BCUT2D eigenvalue weighted by Crippen LogP contribution is 2.43. The monoisotopic (exact) mass is 371 g/mol. The molecule has 0 saturated carbocycles. The van der Waals surface area contributed by atoms with E-state index in [-0.39, 0.29) is 10.9 Å². The Morgan fingerprint density at radius 2 is 1.59 bits per heavy atom. The average molecular weight is 372 g/mol. The van der Waals surface area contributed by atoms with Crippen LogP contribution < -0.4 is 4.74 Å². The molecule has 0 aliphatic heterocycles. The Balaban J connectivity index is 1.60. The van der Waals surface area contributed by atoms with Gasteiger partial charge in [0, 0.05) is 22.6 Å². The van der Waals surface area contributed by atoms with Crippen molar-refractivity contribution in [2.24, 2.45) is 0 Å². The van der Waals surface area contributed by atoms with E-state index in [1.54, 1.807) is 0 Å². The topological polar surface area (TPSA) is 39.2 Å². The second kappa shape index (κ2) is 6.22. The van der Waals surface area contributed by atoms with Gasteiger partial charge in [-0.2, -0.15) is 0 Å². The highest BCUT2D eigenvalue weighted by Gasteiger charge is 2.31. The molecule has 3 aromatic carbocycles. The fraction of sp³-hybridized carbons (Fsp3) is 0.0435. The molecule has 4 aromatic rings. The van der Waals surface area contributed by atoms with Crippen molar-refractivity contribution in [1.29, 1.82) is 0 Å². The van der Waals surface area contributed by atoms with Crippen molar-refractivity contribution in [1.82, 2.24) is 4.98 Å². The molecule has 1 aliphatic rings. The van der Waals surface area contributed by atoms with Gasteiger partial charge in [0.1, 0.15) is 17.5 Å². The number of aromatic nitrogens is 1. The Labute approximate surface area is 161 Å². The maximum absolute atomic E-state index is 12.7. The van der Waals surface area contributed by atoms with Crippen molar-refractivity contribution in [2.75, 3.05) is 0 Å². The summed E-state index contributed by atoms with van der Waals surface area (Å²) in [4.78, 5) is 17.2. The molecule has 0 bridgehead atoms. The third-order valence-electron chi connectivity index (χ3n) is 4.83. The third-order valence-corrected chi connectivity index (χ3v) is 5.10. The molecule has 0 saturated heterocycles. The lowest BCUT2D eigenvalue weighted by Gasteiger charge is -2.10. The quantitative estimate of drug-likeness (QED) is 0.383. The molecule has 0 spiro atoms. The Kier molecular flexibility index (Phi) is 3.69. The van der Waals surface area contributed by atoms with E-state index in [1.165, 1.54) is 0 Å². The minimum Gasteiger partial charge on any atom is -0.489 e. The van der Waals surface area contributed by atoms with E-state index in [9.17, 15) is 4.79 Å². The smallest absolute Gasteiger partial charge is 0.197 e. The summed E-state index contributed by atoms with van der Waals surface area (Å²) in [6.07, 6.45) is 0. The molecule has 1 aliphatic carbocycles. The third kappa shape index (κ3) is 2.59. The Hall–Kier alpha value is -3.17. The fourth-order valence-corrected chi connectivity index (χ4v) is 3.84. The molecule has 0 atom stereocenters. The lowest BCUT2D eigenvalue weighted by atomic mass is 10.0. The van der Waals surface area contributed by atoms with Crippen LogP contribution in [0, 0.1) is 0 Å². The number of pyridine rings is 1. The standard InChI is InChI=1S/C23H14ClNO2/c24-23-21-20(16-8-4-5-9-17(16)22(21)26)18-11-10-15(12-19(18)25-23)27-13-14-6-2-1-3-7-14/h1-12H,13H2. The van der Waals surface area contributed by atoms with Gasteiger partial charge < -0.3 is 4.74 Å². The van der Waals surface area contributed by atoms with Crippen LogP contribution in [0.1, 0.15) is 21.5 Å². The van der Waals surface area contributed by atoms with E-state index in [0.717, 1.165) is 22.1 Å². The number of benzene rings is 3. The van der Waals surface area contributed by atoms with E-state index in [4.69, 9.17) is 16.3 Å². The van der Waals surface area contributed by atoms with Crippen LogP contribution in [0.3, 0.4) is 0 Å². The molecule has 5 rings (SSSR count). The minimum absolute atomic E-state index is 0.0654. The van der Waals surface area contributed by atoms with E-state index in [0.29, 0.717) is 29.0 Å². The molecule has 0 unspecified atom stereocenters. The van der Waals surface area contributed by atoms with Gasteiger partial charge in [-0.25, -0.2) is 4.98 Å². The van der Waals surface area contributed by atoms with E-state index in [1.807, 2.05) is 72.8 Å². The van der Waals surface area contributed by atoms with Crippen molar-refractivity contribution in [2.45, 2.75) is 6.61 Å². The number of halogens is 1. The highest BCUT2D eigenvalue weighted by molar-refractivity contribution is 6.38. The Morgan fingerprint density at radius 1 is 0.852 bits per heavy atom. The van der Waals surface area contributed by atoms with Crippen LogP contribution in [0.25, 0.3) is 22.0 Å². The van der Waals surface area contributed by atoms with Gasteiger partial charge in [-0.05, 0) is 23.3 Å². The van der Waals surface area contributed by atoms with E-state index >= 15 is 0 Å². The molecule has 27 heavy (non-hydrogen) atoms. The van der Waals surface area contributed by atoms with Crippen molar-refractivity contribution >= 4 is 28.3 Å².